The van der Waals surface area contributed by atoms with Gasteiger partial charge in [0.05, 0.1) is 12.1 Å². The molecule has 0 saturated heterocycles. The molecule has 0 fully saturated rings. The summed E-state index contributed by atoms with van der Waals surface area (Å²) in [5.74, 6) is 0.278. The van der Waals surface area contributed by atoms with Gasteiger partial charge in [0.1, 0.15) is 12.6 Å². The van der Waals surface area contributed by atoms with E-state index >= 15 is 0 Å². The summed E-state index contributed by atoms with van der Waals surface area (Å²) in [6.45, 7) is 7.52. The van der Waals surface area contributed by atoms with Crippen LogP contribution in [0.2, 0.25) is 0 Å². The summed E-state index contributed by atoms with van der Waals surface area (Å²) < 4.78 is 0. The van der Waals surface area contributed by atoms with Crippen molar-refractivity contribution in [1.82, 2.24) is 5.32 Å². The quantitative estimate of drug-likeness (QED) is 0.654. The third-order valence-corrected chi connectivity index (χ3v) is 2.34. The zero-order valence-corrected chi connectivity index (χ0v) is 12.5. The Kier molecular flexibility index (Phi) is 14.0. The van der Waals surface area contributed by atoms with Gasteiger partial charge in [0.15, 0.2) is 0 Å². The smallest absolute Gasteiger partial charge is 0.217 e. The van der Waals surface area contributed by atoms with Crippen LogP contribution in [0.4, 0.5) is 0 Å². The fourth-order valence-corrected chi connectivity index (χ4v) is 1.43. The number of amides is 1. The molecule has 0 aromatic carbocycles. The first-order valence-electron chi connectivity index (χ1n) is 6.80. The first-order chi connectivity index (χ1) is 8.87. The molecule has 0 aliphatic carbocycles. The van der Waals surface area contributed by atoms with E-state index < -0.39 is 0 Å². The van der Waals surface area contributed by atoms with E-state index in [-0.39, 0.29) is 18.0 Å². The molecule has 19 heavy (non-hydrogen) atoms. The number of hydrogen-bond donors (Lipinski definition) is 2. The maximum absolute atomic E-state index is 10.5. The van der Waals surface area contributed by atoms with E-state index in [9.17, 15) is 14.4 Å². The fraction of sp³-hybridized carbons (Fsp3) is 0.786. The highest BCUT2D eigenvalue weighted by atomic mass is 16.2. The van der Waals surface area contributed by atoms with Crippen LogP contribution in [0.25, 0.3) is 0 Å². The molecular weight excluding hydrogens is 244 g/mol. The molecule has 0 unspecified atom stereocenters. The van der Waals surface area contributed by atoms with Crippen LogP contribution in [-0.4, -0.2) is 30.6 Å². The molecule has 0 bridgehead atoms. The number of aldehydes is 2. The van der Waals surface area contributed by atoms with Crippen LogP contribution in [0.5, 0.6) is 0 Å². The molecule has 0 rings (SSSR count). The van der Waals surface area contributed by atoms with Crippen molar-refractivity contribution < 1.29 is 14.4 Å². The van der Waals surface area contributed by atoms with E-state index in [4.69, 9.17) is 5.73 Å². The average molecular weight is 272 g/mol. The zero-order chi connectivity index (χ0) is 15.3. The molecule has 0 spiro atoms. The lowest BCUT2D eigenvalue weighted by atomic mass is 10.1. The third kappa shape index (κ3) is 16.8. The van der Waals surface area contributed by atoms with E-state index in [2.05, 4.69) is 12.2 Å². The number of hydrogen-bond acceptors (Lipinski definition) is 4. The van der Waals surface area contributed by atoms with Gasteiger partial charge in [0, 0.05) is 6.92 Å². The maximum Gasteiger partial charge on any atom is 0.217 e. The number of nitrogens with one attached hydrogen (secondary N) is 1. The molecule has 1 amide bonds. The van der Waals surface area contributed by atoms with E-state index in [1.54, 1.807) is 0 Å². The normalized spacial score (nSPS) is 12.9. The lowest BCUT2D eigenvalue weighted by molar-refractivity contribution is -0.122. The van der Waals surface area contributed by atoms with Crippen LogP contribution < -0.4 is 11.1 Å². The van der Waals surface area contributed by atoms with Crippen LogP contribution >= 0.6 is 0 Å². The predicted molar refractivity (Wildman–Crippen MR) is 76.7 cm³/mol. The van der Waals surface area contributed by atoms with E-state index in [0.29, 0.717) is 12.3 Å². The molecule has 0 aliphatic rings. The molecule has 112 valence electrons. The van der Waals surface area contributed by atoms with E-state index in [1.807, 2.05) is 13.8 Å². The molecule has 0 aliphatic heterocycles. The molecule has 0 aromatic heterocycles. The van der Waals surface area contributed by atoms with Gasteiger partial charge < -0.3 is 20.6 Å². The molecule has 2 atom stereocenters. The van der Waals surface area contributed by atoms with Crippen molar-refractivity contribution in [2.75, 3.05) is 0 Å². The summed E-state index contributed by atoms with van der Waals surface area (Å²) >= 11 is 0. The first-order valence-corrected chi connectivity index (χ1v) is 6.80. The monoisotopic (exact) mass is 272 g/mol. The third-order valence-electron chi connectivity index (χ3n) is 2.34. The van der Waals surface area contributed by atoms with Crippen LogP contribution in [0.3, 0.4) is 0 Å². The largest absolute Gasteiger partial charge is 0.347 e. The maximum atomic E-state index is 10.5. The summed E-state index contributed by atoms with van der Waals surface area (Å²) in [7, 11) is 0. The van der Waals surface area contributed by atoms with Gasteiger partial charge >= 0.3 is 0 Å². The topological polar surface area (TPSA) is 89.3 Å². The Balaban J connectivity index is 0. The summed E-state index contributed by atoms with van der Waals surface area (Å²) in [6.07, 6.45) is 5.29. The summed E-state index contributed by atoms with van der Waals surface area (Å²) in [5.41, 5.74) is 5.29. The average Bonchev–Trinajstić information content (AvgIpc) is 2.34. The first kappa shape index (κ1) is 20.1. The molecule has 5 nitrogen and oxygen atoms in total. The van der Waals surface area contributed by atoms with Crippen LogP contribution in [0, 0.1) is 5.92 Å². The molecule has 0 radical (unpaired) electrons. The van der Waals surface area contributed by atoms with Crippen molar-refractivity contribution >= 4 is 18.5 Å². The second-order valence-corrected chi connectivity index (χ2v) is 5.01. The molecule has 3 N–H and O–H groups in total. The molecule has 0 heterocycles. The second-order valence-electron chi connectivity index (χ2n) is 5.01. The zero-order valence-electron chi connectivity index (χ0n) is 12.5. The number of rotatable bonds is 8. The second kappa shape index (κ2) is 13.2. The summed E-state index contributed by atoms with van der Waals surface area (Å²) in [4.78, 5) is 30.8. The predicted octanol–water partition coefficient (Wildman–Crippen LogP) is 1.44. The lowest BCUT2D eigenvalue weighted by Crippen LogP contribution is -2.35. The van der Waals surface area contributed by atoms with Crippen LogP contribution in [0.15, 0.2) is 0 Å². The number of nitrogens with two attached hydrogens (primary N) is 1. The minimum Gasteiger partial charge on any atom is -0.347 e. The summed E-state index contributed by atoms with van der Waals surface area (Å²) in [6, 6.07) is -0.539. The van der Waals surface area contributed by atoms with Crippen molar-refractivity contribution in [3.63, 3.8) is 0 Å². The Labute approximate surface area is 116 Å². The Hall–Kier alpha value is -1.23. The van der Waals surface area contributed by atoms with Gasteiger partial charge in [0.25, 0.3) is 0 Å². The van der Waals surface area contributed by atoms with Crippen molar-refractivity contribution in [2.24, 2.45) is 11.7 Å². The minimum absolute atomic E-state index is 0.150. The van der Waals surface area contributed by atoms with Gasteiger partial charge in [-0.25, -0.2) is 0 Å². The van der Waals surface area contributed by atoms with Crippen LogP contribution in [0.1, 0.15) is 53.4 Å². The highest BCUT2D eigenvalue weighted by molar-refractivity contribution is 5.77. The Morgan fingerprint density at radius 1 is 1.26 bits per heavy atom. The lowest BCUT2D eigenvalue weighted by Gasteiger charge is -2.12. The SMILES string of the molecule is CC(=O)N[C@H](C=O)CC(C)C.CCCC[C@H](N)C=O. The van der Waals surface area contributed by atoms with Gasteiger partial charge in [-0.3, -0.25) is 4.79 Å². The van der Waals surface area contributed by atoms with Gasteiger partial charge in [0.2, 0.25) is 5.91 Å². The van der Waals surface area contributed by atoms with Gasteiger partial charge in [-0.1, -0.05) is 33.6 Å². The van der Waals surface area contributed by atoms with Crippen molar-refractivity contribution in [3.05, 3.63) is 0 Å². The number of carbonyl (C=O) groups is 3. The van der Waals surface area contributed by atoms with Crippen molar-refractivity contribution in [1.29, 1.82) is 0 Å². The Bertz CT molecular complexity index is 255. The van der Waals surface area contributed by atoms with Gasteiger partial charge in [-0.05, 0) is 18.8 Å². The molecule has 5 heteroatoms. The van der Waals surface area contributed by atoms with Crippen LogP contribution in [-0.2, 0) is 14.4 Å². The van der Waals surface area contributed by atoms with Crippen molar-refractivity contribution in [2.45, 2.75) is 65.5 Å². The van der Waals surface area contributed by atoms with Gasteiger partial charge in [-0.2, -0.15) is 0 Å². The minimum atomic E-state index is -0.313. The molecular formula is C14H28N2O3. The van der Waals surface area contributed by atoms with Gasteiger partial charge in [-0.15, -0.1) is 0 Å². The highest BCUT2D eigenvalue weighted by Crippen LogP contribution is 2.02. The summed E-state index contributed by atoms with van der Waals surface area (Å²) in [5, 5.41) is 2.55. The Morgan fingerprint density at radius 2 is 1.84 bits per heavy atom. The standard InChI is InChI=1S/C8H15NO2.C6H13NO/c1-6(2)4-8(5-10)9-7(3)11;1-2-3-4-6(7)5-8/h5-6,8H,4H2,1-3H3,(H,9,11);5-6H,2-4,7H2,1H3/t8-;6-/m00/s1. The van der Waals surface area contributed by atoms with Crippen molar-refractivity contribution in [3.8, 4) is 0 Å². The molecule has 0 aromatic rings. The Morgan fingerprint density at radius 3 is 2.16 bits per heavy atom. The fourth-order valence-electron chi connectivity index (χ4n) is 1.43. The van der Waals surface area contributed by atoms with E-state index in [0.717, 1.165) is 31.8 Å². The number of unbranched alkanes of at least 4 members (excludes halogenated alkanes) is 1. The molecule has 0 saturated carbocycles. The number of carbonyl (C=O) groups excluding carboxylic acids is 3. The highest BCUT2D eigenvalue weighted by Gasteiger charge is 2.09. The van der Waals surface area contributed by atoms with E-state index in [1.165, 1.54) is 6.92 Å².